The molecule has 0 bridgehead atoms. The van der Waals surface area contributed by atoms with E-state index in [0.717, 1.165) is 58.9 Å². The van der Waals surface area contributed by atoms with Crippen LogP contribution < -0.4 is 58.2 Å². The van der Waals surface area contributed by atoms with Gasteiger partial charge in [0.2, 0.25) is 0 Å². The second-order valence-electron chi connectivity index (χ2n) is 4.64. The summed E-state index contributed by atoms with van der Waals surface area (Å²) in [6.45, 7) is 9.80. The van der Waals surface area contributed by atoms with Crippen LogP contribution in [0.4, 0.5) is 0 Å². The topological polar surface area (TPSA) is 47.6 Å². The van der Waals surface area contributed by atoms with Crippen LogP contribution in [-0.2, 0) is 20.4 Å². The Labute approximate surface area is 182 Å². The number of piperazine rings is 1. The van der Waals surface area contributed by atoms with Crippen LogP contribution >= 0.6 is 0 Å². The Morgan fingerprint density at radius 1 is 1.11 bits per heavy atom. The van der Waals surface area contributed by atoms with E-state index in [4.69, 9.17) is 13.7 Å². The predicted molar refractivity (Wildman–Crippen MR) is 73.5 cm³/mol. The van der Waals surface area contributed by atoms with E-state index in [2.05, 4.69) is 27.0 Å². The predicted octanol–water partition coefficient (Wildman–Crippen LogP) is -2.95. The fourth-order valence-corrected chi connectivity index (χ4v) is 2.05. The van der Waals surface area contributed by atoms with Crippen LogP contribution in [0.25, 0.3) is 11.0 Å². The summed E-state index contributed by atoms with van der Waals surface area (Å²) in [7, 11) is 7.24. The van der Waals surface area contributed by atoms with E-state index in [1.807, 2.05) is 0 Å². The minimum absolute atomic E-state index is 0. The molecule has 0 saturated carbocycles. The van der Waals surface area contributed by atoms with Gasteiger partial charge in [0.05, 0.1) is 0 Å². The van der Waals surface area contributed by atoms with Crippen LogP contribution in [0.5, 0.6) is 0 Å². The number of hydrogen-bond donors (Lipinski definition) is 0. The molecule has 5 nitrogen and oxygen atoms in total. The van der Waals surface area contributed by atoms with E-state index in [-0.39, 0.29) is 78.6 Å². The minimum Gasteiger partial charge on any atom is -0.699 e. The van der Waals surface area contributed by atoms with Gasteiger partial charge in [0.25, 0.3) is 0 Å². The molecule has 0 spiro atoms. The summed E-state index contributed by atoms with van der Waals surface area (Å²) in [5.74, 6) is 0. The van der Waals surface area contributed by atoms with Crippen molar-refractivity contribution in [1.82, 2.24) is 14.7 Å². The SMILES string of the molecule is [B][N-]CCN1CCN(CCN(C)CC[NH-])CC1.[Rb+].[Re]. The molecule has 1 aliphatic rings. The molecule has 1 fully saturated rings. The van der Waals surface area contributed by atoms with Gasteiger partial charge in [-0.05, 0) is 20.1 Å². The standard InChI is InChI=1S/C11H24BN5.Rb.Re/c1-15(4-2-13)6-7-17-10-8-16(9-11-17)5-3-14-12;;/h13H,2-11H2,1H3;;/q-2;+1;. The van der Waals surface area contributed by atoms with Gasteiger partial charge in [-0.1, -0.05) is 0 Å². The molecule has 0 aromatic heterocycles. The molecule has 1 aliphatic heterocycles. The fraction of sp³-hybridized carbons (Fsp3) is 1.00. The summed E-state index contributed by atoms with van der Waals surface area (Å²) in [6.07, 6.45) is 0. The van der Waals surface area contributed by atoms with E-state index in [9.17, 15) is 0 Å². The Bertz CT molecular complexity index is 196. The summed E-state index contributed by atoms with van der Waals surface area (Å²) in [5, 5.41) is 3.65. The molecule has 0 aromatic carbocycles. The third kappa shape index (κ3) is 11.5. The molecule has 1 saturated heterocycles. The molecule has 1 heterocycles. The Hall–Kier alpha value is 2.33. The summed E-state index contributed by atoms with van der Waals surface area (Å²) < 4.78 is 0. The van der Waals surface area contributed by atoms with Gasteiger partial charge in [-0.3, -0.25) is 4.90 Å². The minimum atomic E-state index is 0. The molecule has 1 rings (SSSR count). The molecule has 0 amide bonds. The number of nitrogens with one attached hydrogen (secondary N) is 1. The molecule has 0 aliphatic carbocycles. The van der Waals surface area contributed by atoms with Gasteiger partial charge in [-0.15, -0.1) is 21.1 Å². The average Bonchev–Trinajstić information content (AvgIpc) is 2.35. The van der Waals surface area contributed by atoms with Crippen LogP contribution in [0.1, 0.15) is 0 Å². The van der Waals surface area contributed by atoms with Crippen molar-refractivity contribution in [2.75, 3.05) is 72.5 Å². The summed E-state index contributed by atoms with van der Waals surface area (Å²) in [5.41, 5.74) is 7.17. The number of nitrogens with zero attached hydrogens (tertiary/aromatic N) is 4. The Morgan fingerprint density at radius 3 is 2.11 bits per heavy atom. The van der Waals surface area contributed by atoms with Crippen LogP contribution in [0.15, 0.2) is 0 Å². The average molecular weight is 509 g/mol. The van der Waals surface area contributed by atoms with Crippen LogP contribution in [0.2, 0.25) is 0 Å². The van der Waals surface area contributed by atoms with Crippen molar-refractivity contribution in [2.24, 2.45) is 0 Å². The molecule has 0 atom stereocenters. The fourth-order valence-electron chi connectivity index (χ4n) is 2.05. The maximum atomic E-state index is 7.17. The van der Waals surface area contributed by atoms with Crippen molar-refractivity contribution in [3.63, 3.8) is 0 Å². The van der Waals surface area contributed by atoms with Crippen molar-refractivity contribution in [3.8, 4) is 0 Å². The Balaban J connectivity index is 0. The van der Waals surface area contributed by atoms with Crippen molar-refractivity contribution >= 4 is 7.98 Å². The van der Waals surface area contributed by atoms with E-state index in [0.29, 0.717) is 6.54 Å². The third-order valence-electron chi connectivity index (χ3n) is 3.30. The zero-order valence-electron chi connectivity index (χ0n) is 12.3. The monoisotopic (exact) mass is 509 g/mol. The van der Waals surface area contributed by atoms with Gasteiger partial charge in [0.15, 0.2) is 0 Å². The van der Waals surface area contributed by atoms with Crippen LogP contribution in [0.3, 0.4) is 0 Å². The summed E-state index contributed by atoms with van der Waals surface area (Å²) in [4.78, 5) is 7.14. The molecule has 0 aromatic rings. The van der Waals surface area contributed by atoms with Crippen molar-refractivity contribution in [2.45, 2.75) is 0 Å². The first-order valence-electron chi connectivity index (χ1n) is 6.41. The Morgan fingerprint density at radius 2 is 1.63 bits per heavy atom. The zero-order valence-corrected chi connectivity index (χ0v) is 19.9. The van der Waals surface area contributed by atoms with E-state index in [1.54, 1.807) is 0 Å². The van der Waals surface area contributed by atoms with Crippen LogP contribution in [0, 0.1) is 0 Å². The maximum Gasteiger partial charge on any atom is 1.00 e. The molecule has 1 N–H and O–H groups in total. The maximum absolute atomic E-state index is 7.17. The smallest absolute Gasteiger partial charge is 0.699 e. The second-order valence-corrected chi connectivity index (χ2v) is 4.64. The zero-order chi connectivity index (χ0) is 12.5. The van der Waals surface area contributed by atoms with Gasteiger partial charge >= 0.3 is 58.2 Å². The van der Waals surface area contributed by atoms with Crippen LogP contribution in [-0.4, -0.2) is 95.2 Å². The van der Waals surface area contributed by atoms with E-state index in [1.165, 1.54) is 0 Å². The molecule has 8 heteroatoms. The quantitative estimate of drug-likeness (QED) is 0.330. The molecule has 3 radical (unpaired) electrons. The molecule has 0 unspecified atom stereocenters. The largest absolute Gasteiger partial charge is 1.00 e. The number of hydrogen-bond acceptors (Lipinski definition) is 3. The summed E-state index contributed by atoms with van der Waals surface area (Å²) in [6, 6.07) is 0. The molecular formula is C11H24BN5RbRe-. The van der Waals surface area contributed by atoms with Gasteiger partial charge in [-0.2, -0.15) is 0 Å². The number of likely N-dealkylation sites (N-methyl/N-ethyl adjacent to an activating group) is 1. The number of rotatable bonds is 8. The second kappa shape index (κ2) is 15.2. The first-order valence-corrected chi connectivity index (χ1v) is 6.41. The van der Waals surface area contributed by atoms with E-state index >= 15 is 0 Å². The molecule has 19 heavy (non-hydrogen) atoms. The normalized spacial score (nSPS) is 17.0. The van der Waals surface area contributed by atoms with Crippen molar-refractivity contribution in [3.05, 3.63) is 11.0 Å². The first kappa shape index (κ1) is 23.6. The third-order valence-corrected chi connectivity index (χ3v) is 3.30. The van der Waals surface area contributed by atoms with E-state index < -0.39 is 0 Å². The molecular weight excluding hydrogens is 485 g/mol. The molecule has 105 valence electrons. The van der Waals surface area contributed by atoms with Gasteiger partial charge in [0.1, 0.15) is 0 Å². The Kier molecular flexibility index (Phi) is 18.9. The first-order chi connectivity index (χ1) is 8.26. The van der Waals surface area contributed by atoms with Gasteiger partial charge in [-0.25, -0.2) is 0 Å². The van der Waals surface area contributed by atoms with Crippen molar-refractivity contribution in [1.29, 1.82) is 0 Å². The van der Waals surface area contributed by atoms with Gasteiger partial charge < -0.3 is 20.8 Å². The van der Waals surface area contributed by atoms with Gasteiger partial charge in [0, 0.05) is 59.7 Å². The van der Waals surface area contributed by atoms with Crippen molar-refractivity contribution < 1.29 is 78.6 Å². The summed E-state index contributed by atoms with van der Waals surface area (Å²) >= 11 is 0.